The standard InChI is InChI=1S/C13H17N3O2/c1-3-11-12(17)16(13(18)15(11)2)10-6-4-5-9(7-10)8-14/h4-7,11H,3,8,14H2,1-2H3. The second kappa shape index (κ2) is 4.78. The number of likely N-dealkylation sites (N-methyl/N-ethyl adjacent to an activating group) is 1. The van der Waals surface area contributed by atoms with Crippen LogP contribution in [0.3, 0.4) is 0 Å². The Morgan fingerprint density at radius 3 is 2.61 bits per heavy atom. The number of imide groups is 1. The van der Waals surface area contributed by atoms with Crippen LogP contribution in [-0.4, -0.2) is 29.9 Å². The molecule has 2 N–H and O–H groups in total. The number of nitrogens with zero attached hydrogens (tertiary/aromatic N) is 2. The SMILES string of the molecule is CCC1C(=O)N(c2cccc(CN)c2)C(=O)N1C. The van der Waals surface area contributed by atoms with E-state index in [9.17, 15) is 9.59 Å². The lowest BCUT2D eigenvalue weighted by atomic mass is 10.1. The molecule has 5 heteroatoms. The van der Waals surface area contributed by atoms with Crippen LogP contribution < -0.4 is 10.6 Å². The van der Waals surface area contributed by atoms with Gasteiger partial charge in [-0.2, -0.15) is 0 Å². The van der Waals surface area contributed by atoms with Crippen LogP contribution in [0.5, 0.6) is 0 Å². The van der Waals surface area contributed by atoms with Crippen molar-refractivity contribution in [2.75, 3.05) is 11.9 Å². The Morgan fingerprint density at radius 2 is 2.06 bits per heavy atom. The number of hydrogen-bond donors (Lipinski definition) is 1. The molecule has 1 unspecified atom stereocenters. The van der Waals surface area contributed by atoms with Gasteiger partial charge in [0.05, 0.1) is 5.69 Å². The van der Waals surface area contributed by atoms with E-state index in [2.05, 4.69) is 0 Å². The average molecular weight is 247 g/mol. The molecule has 1 aliphatic heterocycles. The van der Waals surface area contributed by atoms with Gasteiger partial charge in [-0.25, -0.2) is 9.69 Å². The van der Waals surface area contributed by atoms with Gasteiger partial charge in [-0.3, -0.25) is 4.79 Å². The molecule has 18 heavy (non-hydrogen) atoms. The lowest BCUT2D eigenvalue weighted by molar-refractivity contribution is -0.119. The van der Waals surface area contributed by atoms with E-state index in [4.69, 9.17) is 5.73 Å². The van der Waals surface area contributed by atoms with Gasteiger partial charge in [0.2, 0.25) is 0 Å². The van der Waals surface area contributed by atoms with E-state index in [0.717, 1.165) is 5.56 Å². The van der Waals surface area contributed by atoms with Crippen LogP contribution in [-0.2, 0) is 11.3 Å². The third kappa shape index (κ3) is 1.86. The van der Waals surface area contributed by atoms with Crippen LogP contribution >= 0.6 is 0 Å². The molecule has 1 aromatic carbocycles. The Labute approximate surface area is 106 Å². The zero-order valence-electron chi connectivity index (χ0n) is 10.6. The van der Waals surface area contributed by atoms with E-state index in [1.807, 2.05) is 13.0 Å². The van der Waals surface area contributed by atoms with E-state index in [1.165, 1.54) is 9.80 Å². The summed E-state index contributed by atoms with van der Waals surface area (Å²) in [6.07, 6.45) is 0.619. The number of carbonyl (C=O) groups is 2. The number of benzene rings is 1. The van der Waals surface area contributed by atoms with E-state index in [0.29, 0.717) is 18.7 Å². The zero-order valence-corrected chi connectivity index (χ0v) is 10.6. The smallest absolute Gasteiger partial charge is 0.326 e. The van der Waals surface area contributed by atoms with Crippen molar-refractivity contribution >= 4 is 17.6 Å². The second-order valence-corrected chi connectivity index (χ2v) is 4.37. The second-order valence-electron chi connectivity index (χ2n) is 4.37. The van der Waals surface area contributed by atoms with Crippen LogP contribution in [0, 0.1) is 0 Å². The third-order valence-electron chi connectivity index (χ3n) is 3.26. The normalized spacial score (nSPS) is 19.8. The van der Waals surface area contributed by atoms with Crippen LogP contribution in [0.1, 0.15) is 18.9 Å². The largest absolute Gasteiger partial charge is 0.331 e. The Kier molecular flexibility index (Phi) is 3.34. The summed E-state index contributed by atoms with van der Waals surface area (Å²) in [6.45, 7) is 2.28. The van der Waals surface area contributed by atoms with Gasteiger partial charge in [0.25, 0.3) is 5.91 Å². The van der Waals surface area contributed by atoms with Crippen molar-refractivity contribution in [1.29, 1.82) is 0 Å². The fourth-order valence-electron chi connectivity index (χ4n) is 2.21. The van der Waals surface area contributed by atoms with Crippen LogP contribution in [0.4, 0.5) is 10.5 Å². The van der Waals surface area contributed by atoms with Crippen molar-refractivity contribution < 1.29 is 9.59 Å². The predicted octanol–water partition coefficient (Wildman–Crippen LogP) is 1.32. The fraction of sp³-hybridized carbons (Fsp3) is 0.385. The summed E-state index contributed by atoms with van der Waals surface area (Å²) < 4.78 is 0. The first kappa shape index (κ1) is 12.6. The monoisotopic (exact) mass is 247 g/mol. The highest BCUT2D eigenvalue weighted by atomic mass is 16.2. The summed E-state index contributed by atoms with van der Waals surface area (Å²) in [6, 6.07) is 6.56. The first-order valence-corrected chi connectivity index (χ1v) is 6.00. The van der Waals surface area contributed by atoms with Crippen molar-refractivity contribution in [1.82, 2.24) is 4.90 Å². The van der Waals surface area contributed by atoms with Crippen molar-refractivity contribution in [3.8, 4) is 0 Å². The number of urea groups is 1. The van der Waals surface area contributed by atoms with Crippen LogP contribution in [0.25, 0.3) is 0 Å². The quantitative estimate of drug-likeness (QED) is 0.819. The van der Waals surface area contributed by atoms with Gasteiger partial charge in [-0.05, 0) is 24.1 Å². The highest BCUT2D eigenvalue weighted by Gasteiger charge is 2.42. The molecule has 0 bridgehead atoms. The molecule has 1 fully saturated rings. The summed E-state index contributed by atoms with van der Waals surface area (Å²) in [5, 5.41) is 0. The van der Waals surface area contributed by atoms with Gasteiger partial charge < -0.3 is 10.6 Å². The lowest BCUT2D eigenvalue weighted by Gasteiger charge is -2.14. The molecule has 0 spiro atoms. The minimum atomic E-state index is -0.362. The highest BCUT2D eigenvalue weighted by molar-refractivity contribution is 6.21. The maximum absolute atomic E-state index is 12.2. The Hall–Kier alpha value is -1.88. The van der Waals surface area contributed by atoms with Crippen molar-refractivity contribution in [3.05, 3.63) is 29.8 Å². The summed E-state index contributed by atoms with van der Waals surface area (Å²) >= 11 is 0. The van der Waals surface area contributed by atoms with Crippen LogP contribution in [0.15, 0.2) is 24.3 Å². The van der Waals surface area contributed by atoms with Gasteiger partial charge in [0, 0.05) is 13.6 Å². The highest BCUT2D eigenvalue weighted by Crippen LogP contribution is 2.26. The molecule has 0 saturated carbocycles. The molecule has 0 aliphatic carbocycles. The number of hydrogen-bond acceptors (Lipinski definition) is 3. The van der Waals surface area contributed by atoms with E-state index in [-0.39, 0.29) is 18.0 Å². The van der Waals surface area contributed by atoms with Crippen molar-refractivity contribution in [3.63, 3.8) is 0 Å². The number of nitrogens with two attached hydrogens (primary N) is 1. The van der Waals surface area contributed by atoms with Gasteiger partial charge in [-0.15, -0.1) is 0 Å². The first-order valence-electron chi connectivity index (χ1n) is 6.00. The minimum absolute atomic E-state index is 0.167. The molecule has 2 rings (SSSR count). The molecule has 1 saturated heterocycles. The van der Waals surface area contributed by atoms with Crippen molar-refractivity contribution in [2.24, 2.45) is 5.73 Å². The molecule has 1 heterocycles. The molecular formula is C13H17N3O2. The summed E-state index contributed by atoms with van der Waals surface area (Å²) in [7, 11) is 1.65. The molecule has 1 atom stereocenters. The van der Waals surface area contributed by atoms with Gasteiger partial charge in [0.15, 0.2) is 0 Å². The van der Waals surface area contributed by atoms with Crippen molar-refractivity contribution in [2.45, 2.75) is 25.9 Å². The van der Waals surface area contributed by atoms with E-state index >= 15 is 0 Å². The first-order chi connectivity index (χ1) is 8.60. The Balaban J connectivity index is 2.38. The van der Waals surface area contributed by atoms with Gasteiger partial charge in [-0.1, -0.05) is 19.1 Å². The molecule has 5 nitrogen and oxygen atoms in total. The molecule has 0 radical (unpaired) electrons. The van der Waals surface area contributed by atoms with E-state index < -0.39 is 0 Å². The number of amides is 3. The summed E-state index contributed by atoms with van der Waals surface area (Å²) in [5.74, 6) is -0.167. The molecule has 0 aromatic heterocycles. The topological polar surface area (TPSA) is 66.6 Å². The summed E-state index contributed by atoms with van der Waals surface area (Å²) in [5.41, 5.74) is 7.06. The molecule has 1 aromatic rings. The van der Waals surface area contributed by atoms with E-state index in [1.54, 1.807) is 25.2 Å². The third-order valence-corrected chi connectivity index (χ3v) is 3.26. The van der Waals surface area contributed by atoms with Gasteiger partial charge in [0.1, 0.15) is 6.04 Å². The molecule has 96 valence electrons. The number of rotatable bonds is 3. The fourth-order valence-corrected chi connectivity index (χ4v) is 2.21. The maximum atomic E-state index is 12.2. The molecule has 1 aliphatic rings. The average Bonchev–Trinajstić information content (AvgIpc) is 2.60. The van der Waals surface area contributed by atoms with Crippen LogP contribution in [0.2, 0.25) is 0 Å². The molecular weight excluding hydrogens is 230 g/mol. The Bertz CT molecular complexity index is 487. The minimum Gasteiger partial charge on any atom is -0.326 e. The number of carbonyl (C=O) groups excluding carboxylic acids is 2. The van der Waals surface area contributed by atoms with Gasteiger partial charge >= 0.3 is 6.03 Å². The lowest BCUT2D eigenvalue weighted by Crippen LogP contribution is -2.31. The number of anilines is 1. The predicted molar refractivity (Wildman–Crippen MR) is 69.1 cm³/mol. The summed E-state index contributed by atoms with van der Waals surface area (Å²) in [4.78, 5) is 27.0. The molecule has 3 amide bonds. The Morgan fingerprint density at radius 1 is 1.33 bits per heavy atom. The zero-order chi connectivity index (χ0) is 13.3. The maximum Gasteiger partial charge on any atom is 0.331 e.